The van der Waals surface area contributed by atoms with Gasteiger partial charge in [0, 0.05) is 10.7 Å². The number of aromatic hydroxyl groups is 1. The summed E-state index contributed by atoms with van der Waals surface area (Å²) in [6.45, 7) is 1.83. The Labute approximate surface area is 200 Å². The molecular weight excluding hydrogens is 465 g/mol. The maximum absolute atomic E-state index is 13.2. The highest BCUT2D eigenvalue weighted by Gasteiger charge is 2.47. The first kappa shape index (κ1) is 22.7. The summed E-state index contributed by atoms with van der Waals surface area (Å²) in [5, 5.41) is 21.6. The Bertz CT molecular complexity index is 1320. The van der Waals surface area contributed by atoms with E-state index in [2.05, 4.69) is 0 Å². The minimum Gasteiger partial charge on any atom is -0.507 e. The molecule has 0 saturated carbocycles. The second-order valence-electron chi connectivity index (χ2n) is 7.56. The zero-order valence-corrected chi connectivity index (χ0v) is 19.2. The second-order valence-corrected chi connectivity index (χ2v) is 8.41. The summed E-state index contributed by atoms with van der Waals surface area (Å²) in [5.74, 6) is -1.90. The largest absolute Gasteiger partial charge is 0.507 e. The third-order valence-corrected chi connectivity index (χ3v) is 5.97. The number of ether oxygens (including phenoxy) is 1. The molecule has 6 nitrogen and oxygen atoms in total. The number of nitrogens with zero attached hydrogens (tertiary/aromatic N) is 1. The highest BCUT2D eigenvalue weighted by molar-refractivity contribution is 6.52. The highest BCUT2D eigenvalue weighted by atomic mass is 35.5. The van der Waals surface area contributed by atoms with Crippen molar-refractivity contribution in [2.75, 3.05) is 12.0 Å². The first-order valence-electron chi connectivity index (χ1n) is 9.93. The quantitative estimate of drug-likeness (QED) is 0.284. The third kappa shape index (κ3) is 4.03. The maximum atomic E-state index is 13.2. The number of hydrogen-bond acceptors (Lipinski definition) is 5. The predicted octanol–water partition coefficient (Wildman–Crippen LogP) is 5.64. The van der Waals surface area contributed by atoms with E-state index in [0.29, 0.717) is 22.0 Å². The maximum Gasteiger partial charge on any atom is 0.300 e. The molecule has 2 N–H and O–H groups in total. The van der Waals surface area contributed by atoms with Crippen LogP contribution in [-0.2, 0) is 9.59 Å². The summed E-state index contributed by atoms with van der Waals surface area (Å²) < 4.78 is 5.37. The van der Waals surface area contributed by atoms with Gasteiger partial charge in [-0.25, -0.2) is 0 Å². The van der Waals surface area contributed by atoms with E-state index in [0.717, 1.165) is 5.56 Å². The van der Waals surface area contributed by atoms with Gasteiger partial charge in [0.05, 0.1) is 29.3 Å². The summed E-state index contributed by atoms with van der Waals surface area (Å²) >= 11 is 12.3. The van der Waals surface area contributed by atoms with Crippen LogP contribution < -0.4 is 9.64 Å². The monoisotopic (exact) mass is 483 g/mol. The van der Waals surface area contributed by atoms with Gasteiger partial charge in [-0.1, -0.05) is 47.0 Å². The average molecular weight is 484 g/mol. The Morgan fingerprint density at radius 2 is 1.79 bits per heavy atom. The van der Waals surface area contributed by atoms with Crippen LogP contribution in [-0.4, -0.2) is 29.0 Å². The van der Waals surface area contributed by atoms with Crippen LogP contribution in [0.5, 0.6) is 11.5 Å². The summed E-state index contributed by atoms with van der Waals surface area (Å²) in [6.07, 6.45) is 0. The van der Waals surface area contributed by atoms with Crippen LogP contribution in [0.15, 0.2) is 66.2 Å². The predicted molar refractivity (Wildman–Crippen MR) is 127 cm³/mol. The fraction of sp³-hybridized carbons (Fsp3) is 0.120. The van der Waals surface area contributed by atoms with Crippen LogP contribution in [0, 0.1) is 6.92 Å². The van der Waals surface area contributed by atoms with Gasteiger partial charge in [0.15, 0.2) is 0 Å². The van der Waals surface area contributed by atoms with E-state index < -0.39 is 17.7 Å². The minimum absolute atomic E-state index is 0.0392. The smallest absolute Gasteiger partial charge is 0.300 e. The second kappa shape index (κ2) is 8.81. The number of Topliss-reactive ketones (excluding diaryl/α,β-unsaturated/α-hetero) is 1. The number of ketones is 1. The van der Waals surface area contributed by atoms with Crippen molar-refractivity contribution >= 4 is 46.3 Å². The number of amides is 1. The van der Waals surface area contributed by atoms with E-state index in [1.54, 1.807) is 42.5 Å². The van der Waals surface area contributed by atoms with Crippen molar-refractivity contribution in [1.82, 2.24) is 0 Å². The van der Waals surface area contributed by atoms with Crippen molar-refractivity contribution in [3.05, 3.63) is 93.0 Å². The molecule has 1 saturated heterocycles. The van der Waals surface area contributed by atoms with E-state index in [1.807, 2.05) is 6.92 Å². The molecule has 8 heteroatoms. The van der Waals surface area contributed by atoms with Crippen LogP contribution in [0.3, 0.4) is 0 Å². The normalized spacial score (nSPS) is 17.5. The molecular formula is C25H19Cl2NO5. The number of hydrogen-bond donors (Lipinski definition) is 2. The molecule has 3 aromatic carbocycles. The Balaban J connectivity index is 2.01. The number of phenolic OH excluding ortho intramolecular Hbond substituents is 1. The number of methoxy groups -OCH3 is 1. The lowest BCUT2D eigenvalue weighted by atomic mass is 9.94. The molecule has 0 spiro atoms. The number of rotatable bonds is 4. The number of phenols is 1. The van der Waals surface area contributed by atoms with Gasteiger partial charge in [0.1, 0.15) is 17.3 Å². The van der Waals surface area contributed by atoms with E-state index in [4.69, 9.17) is 27.9 Å². The van der Waals surface area contributed by atoms with E-state index in [-0.39, 0.29) is 27.7 Å². The number of halogens is 2. The molecule has 1 unspecified atom stereocenters. The molecule has 1 aliphatic heterocycles. The van der Waals surface area contributed by atoms with Crippen molar-refractivity contribution in [3.63, 3.8) is 0 Å². The van der Waals surface area contributed by atoms with Crippen LogP contribution >= 0.6 is 23.2 Å². The van der Waals surface area contributed by atoms with Crippen molar-refractivity contribution in [2.24, 2.45) is 0 Å². The molecule has 168 valence electrons. The molecule has 0 aliphatic carbocycles. The average Bonchev–Trinajstić information content (AvgIpc) is 3.05. The van der Waals surface area contributed by atoms with E-state index in [1.165, 1.54) is 30.2 Å². The molecule has 0 radical (unpaired) electrons. The number of aliphatic hydroxyl groups is 1. The van der Waals surface area contributed by atoms with Crippen molar-refractivity contribution < 1.29 is 24.5 Å². The van der Waals surface area contributed by atoms with Gasteiger partial charge in [-0.05, 0) is 55.0 Å². The summed E-state index contributed by atoms with van der Waals surface area (Å²) in [4.78, 5) is 27.7. The molecule has 1 atom stereocenters. The number of anilines is 1. The van der Waals surface area contributed by atoms with Gasteiger partial charge in [-0.2, -0.15) is 0 Å². The Morgan fingerprint density at radius 3 is 2.45 bits per heavy atom. The molecule has 3 aromatic rings. The van der Waals surface area contributed by atoms with Crippen LogP contribution in [0.4, 0.5) is 5.69 Å². The van der Waals surface area contributed by atoms with Crippen LogP contribution in [0.1, 0.15) is 22.7 Å². The third-order valence-electron chi connectivity index (χ3n) is 5.43. The number of aliphatic hydroxyl groups excluding tert-OH is 1. The van der Waals surface area contributed by atoms with E-state index >= 15 is 0 Å². The molecule has 4 rings (SSSR count). The first-order valence-corrected chi connectivity index (χ1v) is 10.7. The molecule has 1 heterocycles. The standard InChI is InChI=1S/C25H19Cl2NO5/c1-13-6-9-20(33-2)17(10-13)23(30)21-22(14-7-8-19(29)18(27)11-14)28(25(32)24(21)31)16-5-3-4-15(26)12-16/h3-12,22,29-30H,1-2H3/b23-21+. The zero-order valence-electron chi connectivity index (χ0n) is 17.7. The summed E-state index contributed by atoms with van der Waals surface area (Å²) in [7, 11) is 1.45. The van der Waals surface area contributed by atoms with Crippen LogP contribution in [0.25, 0.3) is 5.76 Å². The minimum atomic E-state index is -1.02. The number of benzene rings is 3. The van der Waals surface area contributed by atoms with Crippen LogP contribution in [0.2, 0.25) is 10.0 Å². The van der Waals surface area contributed by atoms with E-state index in [9.17, 15) is 19.8 Å². The summed E-state index contributed by atoms with van der Waals surface area (Å²) in [5.41, 5.74) is 1.76. The molecule has 1 fully saturated rings. The van der Waals surface area contributed by atoms with Gasteiger partial charge in [-0.15, -0.1) is 0 Å². The zero-order chi connectivity index (χ0) is 23.9. The Morgan fingerprint density at radius 1 is 1.03 bits per heavy atom. The molecule has 0 aromatic heterocycles. The molecule has 33 heavy (non-hydrogen) atoms. The topological polar surface area (TPSA) is 87.1 Å². The molecule has 0 bridgehead atoms. The molecule has 1 amide bonds. The SMILES string of the molecule is COc1ccc(C)cc1/C(O)=C1\C(=O)C(=O)N(c2cccc(Cl)c2)C1c1ccc(O)c(Cl)c1. The van der Waals surface area contributed by atoms with Gasteiger partial charge in [0.25, 0.3) is 11.7 Å². The Hall–Kier alpha value is -3.48. The van der Waals surface area contributed by atoms with Crippen molar-refractivity contribution in [3.8, 4) is 11.5 Å². The number of aryl methyl sites for hydroxylation is 1. The lowest BCUT2D eigenvalue weighted by Crippen LogP contribution is -2.29. The van der Waals surface area contributed by atoms with Gasteiger partial charge < -0.3 is 14.9 Å². The highest BCUT2D eigenvalue weighted by Crippen LogP contribution is 2.44. The lowest BCUT2D eigenvalue weighted by molar-refractivity contribution is -0.132. The van der Waals surface area contributed by atoms with Crippen molar-refractivity contribution in [2.45, 2.75) is 13.0 Å². The Kier molecular flexibility index (Phi) is 6.06. The molecule has 1 aliphatic rings. The van der Waals surface area contributed by atoms with Gasteiger partial charge >= 0.3 is 0 Å². The van der Waals surface area contributed by atoms with Crippen molar-refractivity contribution in [1.29, 1.82) is 0 Å². The summed E-state index contributed by atoms with van der Waals surface area (Å²) in [6, 6.07) is 15.0. The van der Waals surface area contributed by atoms with Gasteiger partial charge in [-0.3, -0.25) is 14.5 Å². The fourth-order valence-corrected chi connectivity index (χ4v) is 4.26. The first-order chi connectivity index (χ1) is 15.7. The lowest BCUT2D eigenvalue weighted by Gasteiger charge is -2.26. The van der Waals surface area contributed by atoms with Gasteiger partial charge in [0.2, 0.25) is 0 Å². The number of carbonyl (C=O) groups excluding carboxylic acids is 2. The number of carbonyl (C=O) groups is 2. The fourth-order valence-electron chi connectivity index (χ4n) is 3.89.